The first-order valence-electron chi connectivity index (χ1n) is 9.90. The van der Waals surface area contributed by atoms with Crippen molar-refractivity contribution in [3.8, 4) is 11.3 Å². The summed E-state index contributed by atoms with van der Waals surface area (Å²) in [5.41, 5.74) is 1.14. The molecule has 1 N–H and O–H groups in total. The second-order valence-corrected chi connectivity index (χ2v) is 6.71. The minimum atomic E-state index is 0.802. The summed E-state index contributed by atoms with van der Waals surface area (Å²) in [5.74, 6) is 1.95. The Morgan fingerprint density at radius 3 is 2.20 bits per heavy atom. The first-order valence-corrected chi connectivity index (χ1v) is 9.90. The molecule has 0 fully saturated rings. The molecule has 3 nitrogen and oxygen atoms in total. The average molecular weight is 343 g/mol. The Labute approximate surface area is 153 Å². The van der Waals surface area contributed by atoms with Crippen molar-refractivity contribution in [3.63, 3.8) is 0 Å². The van der Waals surface area contributed by atoms with E-state index < -0.39 is 0 Å². The Morgan fingerprint density at radius 2 is 1.52 bits per heavy atom. The lowest BCUT2D eigenvalue weighted by Gasteiger charge is -2.21. The Hall–Kier alpha value is -1.58. The van der Waals surface area contributed by atoms with Gasteiger partial charge in [-0.25, -0.2) is 0 Å². The molecule has 3 heteroatoms. The Morgan fingerprint density at radius 1 is 0.840 bits per heavy atom. The molecule has 2 rings (SSSR count). The van der Waals surface area contributed by atoms with Gasteiger partial charge in [-0.3, -0.25) is 0 Å². The van der Waals surface area contributed by atoms with E-state index in [1.807, 2.05) is 18.2 Å². The van der Waals surface area contributed by atoms with Gasteiger partial charge in [0.2, 0.25) is 0 Å². The zero-order chi connectivity index (χ0) is 17.7. The van der Waals surface area contributed by atoms with Gasteiger partial charge in [0.25, 0.3) is 0 Å². The van der Waals surface area contributed by atoms with Crippen molar-refractivity contribution in [1.82, 2.24) is 10.2 Å². The molecule has 1 aromatic heterocycles. The van der Waals surface area contributed by atoms with Crippen molar-refractivity contribution in [3.05, 3.63) is 48.2 Å². The molecule has 0 unspecified atom stereocenters. The number of hydrogen-bond donors (Lipinski definition) is 1. The van der Waals surface area contributed by atoms with Crippen LogP contribution in [-0.4, -0.2) is 31.1 Å². The SMILES string of the molecule is CCCCN(CCCC)CCCNCc1ccc(-c2ccccc2)o1. The van der Waals surface area contributed by atoms with Crippen LogP contribution in [0.4, 0.5) is 0 Å². The minimum absolute atomic E-state index is 0.802. The van der Waals surface area contributed by atoms with Crippen LogP contribution < -0.4 is 5.32 Å². The number of nitrogens with zero attached hydrogens (tertiary/aromatic N) is 1. The maximum absolute atomic E-state index is 5.93. The molecule has 0 spiro atoms. The van der Waals surface area contributed by atoms with E-state index in [0.29, 0.717) is 0 Å². The number of furan rings is 1. The van der Waals surface area contributed by atoms with Gasteiger partial charge in [-0.05, 0) is 57.6 Å². The van der Waals surface area contributed by atoms with Crippen molar-refractivity contribution in [2.24, 2.45) is 0 Å². The Balaban J connectivity index is 1.66. The largest absolute Gasteiger partial charge is 0.460 e. The molecule has 25 heavy (non-hydrogen) atoms. The van der Waals surface area contributed by atoms with Crippen molar-refractivity contribution in [2.45, 2.75) is 52.5 Å². The van der Waals surface area contributed by atoms with E-state index in [4.69, 9.17) is 4.42 Å². The molecule has 1 aromatic carbocycles. The number of hydrogen-bond acceptors (Lipinski definition) is 3. The van der Waals surface area contributed by atoms with Gasteiger partial charge in [0.1, 0.15) is 11.5 Å². The van der Waals surface area contributed by atoms with Crippen LogP contribution in [-0.2, 0) is 6.54 Å². The standard InChI is InChI=1S/C22H34N2O/c1-3-5-16-24(17-6-4-2)18-10-15-23-19-21-13-14-22(25-21)20-11-8-7-9-12-20/h7-9,11-14,23H,3-6,10,15-19H2,1-2H3. The molecule has 138 valence electrons. The molecular formula is C22H34N2O. The lowest BCUT2D eigenvalue weighted by Crippen LogP contribution is -2.29. The van der Waals surface area contributed by atoms with Gasteiger partial charge in [-0.1, -0.05) is 57.0 Å². The highest BCUT2D eigenvalue weighted by Crippen LogP contribution is 2.21. The van der Waals surface area contributed by atoms with Gasteiger partial charge < -0.3 is 14.6 Å². The third-order valence-corrected chi connectivity index (χ3v) is 4.50. The van der Waals surface area contributed by atoms with Crippen LogP contribution in [0.2, 0.25) is 0 Å². The molecule has 2 aromatic rings. The van der Waals surface area contributed by atoms with Crippen molar-refractivity contribution >= 4 is 0 Å². The number of unbranched alkanes of at least 4 members (excludes halogenated alkanes) is 2. The van der Waals surface area contributed by atoms with E-state index in [1.165, 1.54) is 51.7 Å². The summed E-state index contributed by atoms with van der Waals surface area (Å²) in [4.78, 5) is 2.62. The number of nitrogens with one attached hydrogen (secondary N) is 1. The molecule has 0 aliphatic carbocycles. The predicted molar refractivity (Wildman–Crippen MR) is 107 cm³/mol. The van der Waals surface area contributed by atoms with Crippen molar-refractivity contribution in [1.29, 1.82) is 0 Å². The van der Waals surface area contributed by atoms with E-state index in [2.05, 4.69) is 48.3 Å². The summed E-state index contributed by atoms with van der Waals surface area (Å²) in [6, 6.07) is 14.4. The highest BCUT2D eigenvalue weighted by atomic mass is 16.3. The fraction of sp³-hybridized carbons (Fsp3) is 0.545. The van der Waals surface area contributed by atoms with Crippen molar-refractivity contribution < 1.29 is 4.42 Å². The lowest BCUT2D eigenvalue weighted by atomic mass is 10.2. The first kappa shape index (κ1) is 19.7. The maximum Gasteiger partial charge on any atom is 0.134 e. The summed E-state index contributed by atoms with van der Waals surface area (Å²) >= 11 is 0. The molecule has 0 bridgehead atoms. The van der Waals surface area contributed by atoms with E-state index in [9.17, 15) is 0 Å². The molecule has 0 atom stereocenters. The monoisotopic (exact) mass is 342 g/mol. The topological polar surface area (TPSA) is 28.4 Å². The van der Waals surface area contributed by atoms with Crippen LogP contribution in [0.5, 0.6) is 0 Å². The molecule has 0 aliphatic heterocycles. The minimum Gasteiger partial charge on any atom is -0.460 e. The Bertz CT molecular complexity index is 556. The molecule has 0 aliphatic rings. The van der Waals surface area contributed by atoms with E-state index in [-0.39, 0.29) is 0 Å². The van der Waals surface area contributed by atoms with Crippen LogP contribution in [0.3, 0.4) is 0 Å². The number of benzene rings is 1. The van der Waals surface area contributed by atoms with Crippen LogP contribution in [0, 0.1) is 0 Å². The van der Waals surface area contributed by atoms with Crippen LogP contribution >= 0.6 is 0 Å². The fourth-order valence-electron chi connectivity index (χ4n) is 2.97. The van der Waals surface area contributed by atoms with E-state index >= 15 is 0 Å². The van der Waals surface area contributed by atoms with Gasteiger partial charge in [0.15, 0.2) is 0 Å². The second kappa shape index (κ2) is 11.9. The van der Waals surface area contributed by atoms with Crippen molar-refractivity contribution in [2.75, 3.05) is 26.2 Å². The first-order chi connectivity index (χ1) is 12.3. The smallest absolute Gasteiger partial charge is 0.134 e. The zero-order valence-electron chi connectivity index (χ0n) is 16.0. The molecule has 1 heterocycles. The van der Waals surface area contributed by atoms with Gasteiger partial charge >= 0.3 is 0 Å². The summed E-state index contributed by atoms with van der Waals surface area (Å²) in [6.07, 6.45) is 6.38. The molecule has 0 amide bonds. The maximum atomic E-state index is 5.93. The normalized spacial score (nSPS) is 11.3. The van der Waals surface area contributed by atoms with Crippen LogP contribution in [0.1, 0.15) is 51.7 Å². The van der Waals surface area contributed by atoms with Crippen LogP contribution in [0.25, 0.3) is 11.3 Å². The van der Waals surface area contributed by atoms with Gasteiger partial charge in [0, 0.05) is 5.56 Å². The average Bonchev–Trinajstić information content (AvgIpc) is 3.12. The second-order valence-electron chi connectivity index (χ2n) is 6.71. The molecular weight excluding hydrogens is 308 g/mol. The quantitative estimate of drug-likeness (QED) is 0.499. The molecule has 0 radical (unpaired) electrons. The zero-order valence-corrected chi connectivity index (χ0v) is 16.0. The Kier molecular flexibility index (Phi) is 9.38. The van der Waals surface area contributed by atoms with Gasteiger partial charge in [-0.2, -0.15) is 0 Å². The summed E-state index contributed by atoms with van der Waals surface area (Å²) < 4.78 is 5.93. The third kappa shape index (κ3) is 7.45. The fourth-order valence-corrected chi connectivity index (χ4v) is 2.97. The molecule has 0 saturated heterocycles. The van der Waals surface area contributed by atoms with E-state index in [0.717, 1.165) is 30.2 Å². The molecule has 0 saturated carbocycles. The van der Waals surface area contributed by atoms with Gasteiger partial charge in [-0.15, -0.1) is 0 Å². The highest BCUT2D eigenvalue weighted by molar-refractivity contribution is 5.57. The predicted octanol–water partition coefficient (Wildman–Crippen LogP) is 5.33. The summed E-state index contributed by atoms with van der Waals surface area (Å²) in [6.45, 7) is 10.1. The van der Waals surface area contributed by atoms with Crippen LogP contribution in [0.15, 0.2) is 46.9 Å². The summed E-state index contributed by atoms with van der Waals surface area (Å²) in [5, 5.41) is 3.51. The highest BCUT2D eigenvalue weighted by Gasteiger charge is 2.05. The number of rotatable bonds is 13. The lowest BCUT2D eigenvalue weighted by molar-refractivity contribution is 0.260. The van der Waals surface area contributed by atoms with Gasteiger partial charge in [0.05, 0.1) is 6.54 Å². The van der Waals surface area contributed by atoms with E-state index in [1.54, 1.807) is 0 Å². The third-order valence-electron chi connectivity index (χ3n) is 4.50. The summed E-state index contributed by atoms with van der Waals surface area (Å²) in [7, 11) is 0.